The van der Waals surface area contributed by atoms with E-state index in [1.807, 2.05) is 54.6 Å². The topological polar surface area (TPSA) is 85.5 Å². The molecule has 0 bridgehead atoms. The molecule has 0 saturated carbocycles. The lowest BCUT2D eigenvalue weighted by Crippen LogP contribution is -2.44. The van der Waals surface area contributed by atoms with Crippen molar-refractivity contribution in [2.24, 2.45) is 0 Å². The first kappa shape index (κ1) is 25.7. The Morgan fingerprint density at radius 3 is 2.40 bits per heavy atom. The summed E-state index contributed by atoms with van der Waals surface area (Å²) >= 11 is 0. The van der Waals surface area contributed by atoms with Gasteiger partial charge in [0.1, 0.15) is 17.9 Å². The standard InChI is InChI=1S/C34H27FN4O3/c35-23-16-14-21(15-17-23)18-19-36-32(40)25-11-5-7-13-28(25)39-33(41)29-20-26-24-10-4-6-12-27(24)37-30(26)31(38(29)34(39)42)22-8-2-1-3-9-22/h1-17,29,31,37H,18-20H2,(H,36,40)/t29-,31-/m0/s1. The summed E-state index contributed by atoms with van der Waals surface area (Å²) in [4.78, 5) is 48.0. The minimum atomic E-state index is -0.719. The molecule has 1 aromatic heterocycles. The number of H-pyrrole nitrogens is 1. The predicted molar refractivity (Wildman–Crippen MR) is 158 cm³/mol. The molecule has 7 rings (SSSR count). The Bertz CT molecular complexity index is 1830. The van der Waals surface area contributed by atoms with E-state index in [9.17, 15) is 18.8 Å². The van der Waals surface area contributed by atoms with Crippen LogP contribution in [0.3, 0.4) is 0 Å². The third-order valence-electron chi connectivity index (χ3n) is 8.17. The Labute approximate surface area is 241 Å². The van der Waals surface area contributed by atoms with Crippen molar-refractivity contribution in [1.82, 2.24) is 15.2 Å². The number of fused-ring (bicyclic) bond motifs is 4. The number of imide groups is 1. The minimum Gasteiger partial charge on any atom is -0.356 e. The van der Waals surface area contributed by atoms with E-state index in [4.69, 9.17) is 0 Å². The van der Waals surface area contributed by atoms with E-state index in [2.05, 4.69) is 10.3 Å². The Kier molecular flexibility index (Phi) is 6.31. The van der Waals surface area contributed by atoms with Crippen LogP contribution in [0.2, 0.25) is 0 Å². The normalized spacial score (nSPS) is 17.8. The molecule has 0 unspecified atom stereocenters. The predicted octanol–water partition coefficient (Wildman–Crippen LogP) is 5.76. The molecule has 7 nitrogen and oxygen atoms in total. The number of rotatable bonds is 6. The summed E-state index contributed by atoms with van der Waals surface area (Å²) in [6, 6.07) is 28.8. The van der Waals surface area contributed by atoms with Crippen LogP contribution < -0.4 is 10.2 Å². The summed E-state index contributed by atoms with van der Waals surface area (Å²) in [5.41, 5.74) is 5.15. The quantitative estimate of drug-likeness (QED) is 0.260. The fourth-order valence-electron chi connectivity index (χ4n) is 6.21. The highest BCUT2D eigenvalue weighted by Gasteiger charge is 2.53. The summed E-state index contributed by atoms with van der Waals surface area (Å²) in [6.07, 6.45) is 0.881. The molecular weight excluding hydrogens is 531 g/mol. The van der Waals surface area contributed by atoms with Crippen molar-refractivity contribution >= 4 is 34.4 Å². The summed E-state index contributed by atoms with van der Waals surface area (Å²) in [6.45, 7) is 0.313. The number of halogens is 1. The molecule has 208 valence electrons. The zero-order valence-electron chi connectivity index (χ0n) is 22.6. The summed E-state index contributed by atoms with van der Waals surface area (Å²) < 4.78 is 13.2. The van der Waals surface area contributed by atoms with Gasteiger partial charge in [-0.15, -0.1) is 0 Å². The first-order valence-electron chi connectivity index (χ1n) is 13.9. The second kappa shape index (κ2) is 10.3. The van der Waals surface area contributed by atoms with E-state index in [1.165, 1.54) is 12.1 Å². The van der Waals surface area contributed by atoms with Crippen LogP contribution in [0.25, 0.3) is 10.9 Å². The Balaban J connectivity index is 1.22. The van der Waals surface area contributed by atoms with Crippen molar-refractivity contribution < 1.29 is 18.8 Å². The van der Waals surface area contributed by atoms with Crippen LogP contribution in [0.4, 0.5) is 14.9 Å². The number of nitrogens with one attached hydrogen (secondary N) is 2. The molecule has 2 N–H and O–H groups in total. The summed E-state index contributed by atoms with van der Waals surface area (Å²) in [7, 11) is 0. The maximum Gasteiger partial charge on any atom is 0.332 e. The molecule has 1 fully saturated rings. The molecule has 2 atom stereocenters. The van der Waals surface area contributed by atoms with E-state index in [0.29, 0.717) is 19.4 Å². The first-order chi connectivity index (χ1) is 20.5. The lowest BCUT2D eigenvalue weighted by Gasteiger charge is -2.36. The van der Waals surface area contributed by atoms with Gasteiger partial charge in [-0.1, -0.05) is 72.8 Å². The van der Waals surface area contributed by atoms with E-state index < -0.39 is 24.0 Å². The number of carbonyl (C=O) groups is 3. The van der Waals surface area contributed by atoms with Gasteiger partial charge < -0.3 is 10.3 Å². The van der Waals surface area contributed by atoms with Crippen molar-refractivity contribution in [3.63, 3.8) is 0 Å². The van der Waals surface area contributed by atoms with Crippen molar-refractivity contribution in [2.75, 3.05) is 11.4 Å². The molecule has 4 amide bonds. The van der Waals surface area contributed by atoms with Crippen LogP contribution in [-0.4, -0.2) is 40.3 Å². The Hall–Kier alpha value is -5.24. The highest BCUT2D eigenvalue weighted by atomic mass is 19.1. The van der Waals surface area contributed by atoms with E-state index in [-0.39, 0.29) is 23.0 Å². The van der Waals surface area contributed by atoms with Gasteiger partial charge in [-0.3, -0.25) is 14.5 Å². The molecule has 2 aliphatic heterocycles. The maximum atomic E-state index is 14.2. The van der Waals surface area contributed by atoms with Gasteiger partial charge in [0.15, 0.2) is 0 Å². The number of urea groups is 1. The number of para-hydroxylation sites is 2. The van der Waals surface area contributed by atoms with Crippen LogP contribution >= 0.6 is 0 Å². The molecule has 3 heterocycles. The van der Waals surface area contributed by atoms with Gasteiger partial charge in [0.25, 0.3) is 11.8 Å². The minimum absolute atomic E-state index is 0.235. The van der Waals surface area contributed by atoms with Crippen molar-refractivity contribution in [2.45, 2.75) is 24.9 Å². The SMILES string of the molecule is O=C(NCCc1ccc(F)cc1)c1ccccc1N1C(=O)[C@@H]2Cc3c([nH]c4ccccc34)[C@H](c3ccccc3)N2C1=O. The van der Waals surface area contributed by atoms with Crippen LogP contribution in [0, 0.1) is 5.82 Å². The third-order valence-corrected chi connectivity index (χ3v) is 8.17. The highest BCUT2D eigenvalue weighted by molar-refractivity contribution is 6.24. The lowest BCUT2D eigenvalue weighted by molar-refractivity contribution is -0.120. The maximum absolute atomic E-state index is 14.2. The molecule has 0 aliphatic carbocycles. The van der Waals surface area contributed by atoms with Crippen molar-refractivity contribution in [1.29, 1.82) is 0 Å². The molecule has 0 radical (unpaired) electrons. The molecular formula is C34H27FN4O3. The van der Waals surface area contributed by atoms with Gasteiger partial charge in [0.05, 0.1) is 11.3 Å². The monoisotopic (exact) mass is 558 g/mol. The fraction of sp³-hybridized carbons (Fsp3) is 0.147. The number of nitrogens with zero attached hydrogens (tertiary/aromatic N) is 2. The number of aromatic nitrogens is 1. The Morgan fingerprint density at radius 2 is 1.60 bits per heavy atom. The largest absolute Gasteiger partial charge is 0.356 e. The van der Waals surface area contributed by atoms with Gasteiger partial charge in [-0.05, 0) is 53.4 Å². The van der Waals surface area contributed by atoms with E-state index in [0.717, 1.165) is 38.2 Å². The number of carbonyl (C=O) groups excluding carboxylic acids is 3. The zero-order chi connectivity index (χ0) is 28.8. The lowest BCUT2D eigenvalue weighted by atomic mass is 9.89. The molecule has 8 heteroatoms. The zero-order valence-corrected chi connectivity index (χ0v) is 22.6. The fourth-order valence-corrected chi connectivity index (χ4v) is 6.21. The number of benzene rings is 4. The first-order valence-corrected chi connectivity index (χ1v) is 13.9. The summed E-state index contributed by atoms with van der Waals surface area (Å²) in [5.74, 6) is -1.07. The number of hydrogen-bond donors (Lipinski definition) is 2. The van der Waals surface area contributed by atoms with Gasteiger partial charge >= 0.3 is 6.03 Å². The van der Waals surface area contributed by atoms with Crippen LogP contribution in [-0.2, 0) is 17.6 Å². The molecule has 42 heavy (non-hydrogen) atoms. The Morgan fingerprint density at radius 1 is 0.881 bits per heavy atom. The highest BCUT2D eigenvalue weighted by Crippen LogP contribution is 2.45. The number of aromatic amines is 1. The second-order valence-electron chi connectivity index (χ2n) is 10.6. The van der Waals surface area contributed by atoms with Crippen molar-refractivity contribution in [3.05, 3.63) is 137 Å². The van der Waals surface area contributed by atoms with Crippen molar-refractivity contribution in [3.8, 4) is 0 Å². The number of amides is 4. The summed E-state index contributed by atoms with van der Waals surface area (Å²) in [5, 5.41) is 3.92. The third kappa shape index (κ3) is 4.23. The number of anilines is 1. The average molecular weight is 559 g/mol. The van der Waals surface area contributed by atoms with Crippen LogP contribution in [0.15, 0.2) is 103 Å². The molecule has 2 aliphatic rings. The second-order valence-corrected chi connectivity index (χ2v) is 10.6. The van der Waals surface area contributed by atoms with Gasteiger partial charge in [0.2, 0.25) is 0 Å². The van der Waals surface area contributed by atoms with Gasteiger partial charge in [0, 0.05) is 29.6 Å². The average Bonchev–Trinajstić information content (AvgIpc) is 3.51. The van der Waals surface area contributed by atoms with E-state index in [1.54, 1.807) is 41.3 Å². The smallest absolute Gasteiger partial charge is 0.332 e. The van der Waals surface area contributed by atoms with E-state index >= 15 is 0 Å². The van der Waals surface area contributed by atoms with Crippen LogP contribution in [0.5, 0.6) is 0 Å². The van der Waals surface area contributed by atoms with Gasteiger partial charge in [-0.25, -0.2) is 14.1 Å². The molecule has 5 aromatic rings. The number of hydrogen-bond acceptors (Lipinski definition) is 3. The van der Waals surface area contributed by atoms with Crippen LogP contribution in [0.1, 0.15) is 38.8 Å². The van der Waals surface area contributed by atoms with Gasteiger partial charge in [-0.2, -0.15) is 0 Å². The molecule has 4 aromatic carbocycles. The molecule has 1 saturated heterocycles. The molecule has 0 spiro atoms.